The molecule has 9 heteroatoms. The quantitative estimate of drug-likeness (QED) is 0.501. The Morgan fingerprint density at radius 1 is 1.03 bits per heavy atom. The summed E-state index contributed by atoms with van der Waals surface area (Å²) in [5.74, 6) is 1.11. The minimum Gasteiger partial charge on any atom is -0.494 e. The first-order chi connectivity index (χ1) is 15.2. The number of nitrogens with zero attached hydrogens (tertiary/aromatic N) is 2. The lowest BCUT2D eigenvalue weighted by Crippen LogP contribution is -2.15. The van der Waals surface area contributed by atoms with Gasteiger partial charge in [0.1, 0.15) is 17.4 Å². The minimum atomic E-state index is -3.82. The van der Waals surface area contributed by atoms with Crippen molar-refractivity contribution in [1.29, 1.82) is 0 Å². The molecular formula is C23H24N4O4S. The average molecular weight is 453 g/mol. The van der Waals surface area contributed by atoms with Crippen molar-refractivity contribution >= 4 is 33.5 Å². The van der Waals surface area contributed by atoms with Crippen molar-refractivity contribution in [3.63, 3.8) is 0 Å². The van der Waals surface area contributed by atoms with E-state index in [-0.39, 0.29) is 16.6 Å². The highest BCUT2D eigenvalue weighted by atomic mass is 32.2. The van der Waals surface area contributed by atoms with Crippen molar-refractivity contribution in [3.8, 4) is 5.75 Å². The summed E-state index contributed by atoms with van der Waals surface area (Å²) >= 11 is 0. The van der Waals surface area contributed by atoms with Crippen LogP contribution < -0.4 is 14.8 Å². The van der Waals surface area contributed by atoms with Crippen LogP contribution in [0.25, 0.3) is 6.08 Å². The second-order valence-corrected chi connectivity index (χ2v) is 8.58. The van der Waals surface area contributed by atoms with Crippen LogP contribution in [0.15, 0.2) is 65.6 Å². The van der Waals surface area contributed by atoms with Crippen molar-refractivity contribution in [3.05, 3.63) is 77.8 Å². The van der Waals surface area contributed by atoms with Gasteiger partial charge in [-0.1, -0.05) is 12.1 Å². The van der Waals surface area contributed by atoms with Gasteiger partial charge in [0.05, 0.1) is 11.5 Å². The molecule has 2 aromatic carbocycles. The molecule has 2 N–H and O–H groups in total. The lowest BCUT2D eigenvalue weighted by atomic mass is 10.2. The first kappa shape index (κ1) is 23.0. The van der Waals surface area contributed by atoms with Gasteiger partial charge in [-0.2, -0.15) is 0 Å². The average Bonchev–Trinajstić information content (AvgIpc) is 2.73. The fourth-order valence-electron chi connectivity index (χ4n) is 2.88. The molecule has 0 spiro atoms. The number of hydrogen-bond acceptors (Lipinski definition) is 6. The van der Waals surface area contributed by atoms with Gasteiger partial charge in [0.2, 0.25) is 5.91 Å². The summed E-state index contributed by atoms with van der Waals surface area (Å²) in [5, 5.41) is 2.70. The Hall–Kier alpha value is -3.72. The Labute approximate surface area is 187 Å². The minimum absolute atomic E-state index is 0.0503. The zero-order chi connectivity index (χ0) is 23.1. The van der Waals surface area contributed by atoms with E-state index in [1.807, 2.05) is 31.2 Å². The standard InChI is InChI=1S/C23H24N4O4S/c1-4-31-20-10-5-18(6-11-20)7-14-23(28)26-19-8-12-21(13-9-19)32(29,30)27-22-15-16(2)24-17(3)25-22/h5-15H,4H2,1-3H3,(H,26,28)(H,24,25,27)/b14-7+. The molecule has 0 saturated carbocycles. The van der Waals surface area contributed by atoms with Gasteiger partial charge in [0, 0.05) is 23.5 Å². The number of anilines is 2. The van der Waals surface area contributed by atoms with Gasteiger partial charge in [0.15, 0.2) is 0 Å². The summed E-state index contributed by atoms with van der Waals surface area (Å²) in [6, 6.07) is 14.8. The maximum absolute atomic E-state index is 12.6. The van der Waals surface area contributed by atoms with Crippen LogP contribution in [-0.2, 0) is 14.8 Å². The molecule has 32 heavy (non-hydrogen) atoms. The fourth-order valence-corrected chi connectivity index (χ4v) is 3.87. The Morgan fingerprint density at radius 3 is 2.34 bits per heavy atom. The van der Waals surface area contributed by atoms with Crippen LogP contribution in [-0.4, -0.2) is 30.9 Å². The predicted octanol–water partition coefficient (Wildman–Crippen LogP) is 3.94. The third-order valence-corrected chi connectivity index (χ3v) is 5.63. The molecule has 0 aliphatic heterocycles. The zero-order valence-electron chi connectivity index (χ0n) is 18.0. The van der Waals surface area contributed by atoms with Crippen LogP contribution in [0, 0.1) is 13.8 Å². The first-order valence-corrected chi connectivity index (χ1v) is 11.4. The van der Waals surface area contributed by atoms with E-state index in [2.05, 4.69) is 20.0 Å². The highest BCUT2D eigenvalue weighted by Crippen LogP contribution is 2.18. The predicted molar refractivity (Wildman–Crippen MR) is 124 cm³/mol. The molecule has 0 aliphatic carbocycles. The number of rotatable bonds is 8. The molecule has 1 aromatic heterocycles. The Balaban J connectivity index is 1.62. The molecule has 0 bridgehead atoms. The largest absolute Gasteiger partial charge is 0.494 e. The number of carbonyl (C=O) groups is 1. The molecule has 1 heterocycles. The zero-order valence-corrected chi connectivity index (χ0v) is 18.8. The van der Waals surface area contributed by atoms with Crippen LogP contribution in [0.4, 0.5) is 11.5 Å². The fraction of sp³-hybridized carbons (Fsp3) is 0.174. The molecule has 0 atom stereocenters. The first-order valence-electron chi connectivity index (χ1n) is 9.92. The maximum Gasteiger partial charge on any atom is 0.263 e. The maximum atomic E-state index is 12.6. The molecule has 0 radical (unpaired) electrons. The third-order valence-electron chi connectivity index (χ3n) is 4.26. The monoisotopic (exact) mass is 452 g/mol. The van der Waals surface area contributed by atoms with Crippen molar-refractivity contribution in [2.24, 2.45) is 0 Å². The van der Waals surface area contributed by atoms with Crippen LogP contribution in [0.5, 0.6) is 5.75 Å². The summed E-state index contributed by atoms with van der Waals surface area (Å²) in [5.41, 5.74) is 1.98. The Bertz CT molecular complexity index is 1200. The van der Waals surface area contributed by atoms with E-state index < -0.39 is 10.0 Å². The van der Waals surface area contributed by atoms with E-state index in [1.54, 1.807) is 26.0 Å². The second-order valence-electron chi connectivity index (χ2n) is 6.90. The number of hydrogen-bond donors (Lipinski definition) is 2. The van der Waals surface area contributed by atoms with Crippen molar-refractivity contribution in [2.45, 2.75) is 25.7 Å². The summed E-state index contributed by atoms with van der Waals surface area (Å²) < 4.78 is 33.0. The molecule has 1 amide bonds. The molecule has 0 saturated heterocycles. The van der Waals surface area contributed by atoms with Crippen molar-refractivity contribution in [2.75, 3.05) is 16.6 Å². The van der Waals surface area contributed by atoms with Gasteiger partial charge in [0.25, 0.3) is 10.0 Å². The molecule has 166 valence electrons. The van der Waals surface area contributed by atoms with Crippen LogP contribution in [0.1, 0.15) is 24.0 Å². The normalized spacial score (nSPS) is 11.3. The van der Waals surface area contributed by atoms with Gasteiger partial charge in [-0.25, -0.2) is 18.4 Å². The molecular weight excluding hydrogens is 428 g/mol. The third kappa shape index (κ3) is 6.39. The van der Waals surface area contributed by atoms with E-state index in [0.717, 1.165) is 11.3 Å². The topological polar surface area (TPSA) is 110 Å². The lowest BCUT2D eigenvalue weighted by molar-refractivity contribution is -0.111. The number of carbonyl (C=O) groups excluding carboxylic acids is 1. The molecule has 3 rings (SSSR count). The molecule has 0 unspecified atom stereocenters. The van der Waals surface area contributed by atoms with E-state index in [4.69, 9.17) is 4.74 Å². The molecule has 3 aromatic rings. The van der Waals surface area contributed by atoms with Crippen molar-refractivity contribution < 1.29 is 17.9 Å². The van der Waals surface area contributed by atoms with Crippen molar-refractivity contribution in [1.82, 2.24) is 9.97 Å². The molecule has 0 fully saturated rings. The molecule has 0 aliphatic rings. The smallest absolute Gasteiger partial charge is 0.263 e. The SMILES string of the molecule is CCOc1ccc(/C=C/C(=O)Nc2ccc(S(=O)(=O)Nc3cc(C)nc(C)n3)cc2)cc1. The number of sulfonamides is 1. The van der Waals surface area contributed by atoms with E-state index in [9.17, 15) is 13.2 Å². The summed E-state index contributed by atoms with van der Waals surface area (Å²) in [6.07, 6.45) is 3.08. The summed E-state index contributed by atoms with van der Waals surface area (Å²) in [4.78, 5) is 20.4. The molecule has 8 nitrogen and oxygen atoms in total. The van der Waals surface area contributed by atoms with Crippen LogP contribution in [0.2, 0.25) is 0 Å². The van der Waals surface area contributed by atoms with E-state index in [1.165, 1.54) is 30.3 Å². The Kier molecular flexibility index (Phi) is 7.21. The number of amides is 1. The van der Waals surface area contributed by atoms with Gasteiger partial charge in [-0.05, 0) is 68.8 Å². The van der Waals surface area contributed by atoms with Gasteiger partial charge < -0.3 is 10.1 Å². The summed E-state index contributed by atoms with van der Waals surface area (Å²) in [6.45, 7) is 5.95. The number of aryl methyl sites for hydroxylation is 2. The Morgan fingerprint density at radius 2 is 1.72 bits per heavy atom. The lowest BCUT2D eigenvalue weighted by Gasteiger charge is -2.09. The number of nitrogens with one attached hydrogen (secondary N) is 2. The van der Waals surface area contributed by atoms with Gasteiger partial charge in [-0.15, -0.1) is 0 Å². The highest BCUT2D eigenvalue weighted by Gasteiger charge is 2.15. The number of benzene rings is 2. The van der Waals surface area contributed by atoms with Crippen LogP contribution >= 0.6 is 0 Å². The number of aromatic nitrogens is 2. The highest BCUT2D eigenvalue weighted by molar-refractivity contribution is 7.92. The van der Waals surface area contributed by atoms with Gasteiger partial charge in [-0.3, -0.25) is 9.52 Å². The summed E-state index contributed by atoms with van der Waals surface area (Å²) in [7, 11) is -3.82. The van der Waals surface area contributed by atoms with E-state index >= 15 is 0 Å². The van der Waals surface area contributed by atoms with Gasteiger partial charge >= 0.3 is 0 Å². The number of ether oxygens (including phenoxy) is 1. The van der Waals surface area contributed by atoms with E-state index in [0.29, 0.717) is 23.8 Å². The second kappa shape index (κ2) is 10.1. The van der Waals surface area contributed by atoms with Crippen LogP contribution in [0.3, 0.4) is 0 Å².